The predicted octanol–water partition coefficient (Wildman–Crippen LogP) is 3.68. The summed E-state index contributed by atoms with van der Waals surface area (Å²) in [6, 6.07) is 7.13. The molecule has 112 valence electrons. The van der Waals surface area contributed by atoms with E-state index in [2.05, 4.69) is 5.32 Å². The van der Waals surface area contributed by atoms with Gasteiger partial charge in [0, 0.05) is 29.7 Å². The second-order valence-electron chi connectivity index (χ2n) is 4.20. The smallest absolute Gasteiger partial charge is 0.324 e. The molecule has 0 aliphatic rings. The van der Waals surface area contributed by atoms with Crippen LogP contribution < -0.4 is 14.8 Å². The fraction of sp³-hybridized carbons (Fsp3) is 0.286. The van der Waals surface area contributed by atoms with E-state index in [9.17, 15) is 10.1 Å². The maximum Gasteiger partial charge on any atom is 0.324 e. The van der Waals surface area contributed by atoms with Crippen LogP contribution in [0.2, 0.25) is 0 Å². The van der Waals surface area contributed by atoms with Gasteiger partial charge in [0.05, 0.1) is 18.6 Å². The number of nitro groups is 1. The van der Waals surface area contributed by atoms with Gasteiger partial charge in [-0.2, -0.15) is 0 Å². The van der Waals surface area contributed by atoms with E-state index in [1.807, 2.05) is 25.1 Å². The summed E-state index contributed by atoms with van der Waals surface area (Å²) in [5, 5.41) is 15.8. The highest BCUT2D eigenvalue weighted by molar-refractivity contribution is 7.13. The van der Waals surface area contributed by atoms with Crippen molar-refractivity contribution in [1.82, 2.24) is 0 Å². The molecule has 1 aromatic heterocycles. The number of ether oxygens (including phenoxy) is 2. The Morgan fingerprint density at radius 1 is 1.33 bits per heavy atom. The summed E-state index contributed by atoms with van der Waals surface area (Å²) in [6.45, 7) is 3.00. The zero-order chi connectivity index (χ0) is 15.2. The van der Waals surface area contributed by atoms with Gasteiger partial charge in [-0.15, -0.1) is 0 Å². The highest BCUT2D eigenvalue weighted by atomic mass is 32.1. The molecule has 21 heavy (non-hydrogen) atoms. The number of thiophene rings is 1. The first kappa shape index (κ1) is 15.1. The first-order chi connectivity index (χ1) is 10.1. The first-order valence-corrected chi connectivity index (χ1v) is 7.28. The Labute approximate surface area is 126 Å². The summed E-state index contributed by atoms with van der Waals surface area (Å²) < 4.78 is 10.7. The van der Waals surface area contributed by atoms with Crippen LogP contribution in [0.15, 0.2) is 29.6 Å². The lowest BCUT2D eigenvalue weighted by Gasteiger charge is -2.12. The Balaban J connectivity index is 2.03. The molecule has 0 aliphatic carbocycles. The maximum absolute atomic E-state index is 10.6. The van der Waals surface area contributed by atoms with Crippen LogP contribution in [0.5, 0.6) is 11.5 Å². The summed E-state index contributed by atoms with van der Waals surface area (Å²) in [6.07, 6.45) is 0. The van der Waals surface area contributed by atoms with Crippen molar-refractivity contribution in [3.05, 3.63) is 45.3 Å². The molecular weight excluding hydrogens is 292 g/mol. The molecule has 0 aliphatic heterocycles. The number of hydrogen-bond donors (Lipinski definition) is 1. The lowest BCUT2D eigenvalue weighted by Crippen LogP contribution is -2.00. The van der Waals surface area contributed by atoms with E-state index >= 15 is 0 Å². The predicted molar refractivity (Wildman–Crippen MR) is 82.5 cm³/mol. The quantitative estimate of drug-likeness (QED) is 0.624. The van der Waals surface area contributed by atoms with Crippen LogP contribution in [0.25, 0.3) is 0 Å². The molecule has 7 heteroatoms. The molecule has 2 aromatic rings. The van der Waals surface area contributed by atoms with E-state index in [-0.39, 0.29) is 9.92 Å². The number of nitrogens with zero attached hydrogens (tertiary/aromatic N) is 1. The largest absolute Gasteiger partial charge is 0.493 e. The number of rotatable bonds is 7. The molecular formula is C14H16N2O4S. The van der Waals surface area contributed by atoms with Crippen LogP contribution in [0.3, 0.4) is 0 Å². The molecule has 1 heterocycles. The van der Waals surface area contributed by atoms with Gasteiger partial charge in [-0.05, 0) is 24.6 Å². The Morgan fingerprint density at radius 3 is 2.76 bits per heavy atom. The lowest BCUT2D eigenvalue weighted by molar-refractivity contribution is -0.380. The zero-order valence-corrected chi connectivity index (χ0v) is 12.6. The number of anilines is 1. The summed E-state index contributed by atoms with van der Waals surface area (Å²) in [7, 11) is 1.59. The van der Waals surface area contributed by atoms with E-state index < -0.39 is 0 Å². The minimum absolute atomic E-state index is 0.149. The van der Waals surface area contributed by atoms with Crippen LogP contribution in [-0.2, 0) is 6.54 Å². The Bertz CT molecular complexity index is 627. The highest BCUT2D eigenvalue weighted by Crippen LogP contribution is 2.30. The summed E-state index contributed by atoms with van der Waals surface area (Å²) in [5.41, 5.74) is 1.74. The van der Waals surface area contributed by atoms with Crippen molar-refractivity contribution < 1.29 is 14.4 Å². The van der Waals surface area contributed by atoms with Gasteiger partial charge in [-0.1, -0.05) is 11.3 Å². The van der Waals surface area contributed by atoms with Gasteiger partial charge < -0.3 is 14.8 Å². The standard InChI is InChI=1S/C14H16N2O4S/c1-3-20-12-5-4-11(7-13(12)19-2)15-8-10-6-14(16(17)18)21-9-10/h4-7,9,15H,3,8H2,1-2H3. The average molecular weight is 308 g/mol. The number of benzene rings is 1. The Kier molecular flexibility index (Phi) is 4.99. The van der Waals surface area contributed by atoms with Gasteiger partial charge >= 0.3 is 5.00 Å². The fourth-order valence-electron chi connectivity index (χ4n) is 1.81. The lowest BCUT2D eigenvalue weighted by atomic mass is 10.2. The van der Waals surface area contributed by atoms with Crippen molar-refractivity contribution in [1.29, 1.82) is 0 Å². The Morgan fingerprint density at radius 2 is 2.14 bits per heavy atom. The molecule has 0 bridgehead atoms. The minimum atomic E-state index is -0.381. The van der Waals surface area contributed by atoms with E-state index in [1.165, 1.54) is 0 Å². The molecule has 6 nitrogen and oxygen atoms in total. The van der Waals surface area contributed by atoms with E-state index in [0.29, 0.717) is 24.7 Å². The minimum Gasteiger partial charge on any atom is -0.493 e. The van der Waals surface area contributed by atoms with Gasteiger partial charge in [0.1, 0.15) is 0 Å². The molecule has 0 saturated heterocycles. The molecule has 0 spiro atoms. The fourth-order valence-corrected chi connectivity index (χ4v) is 2.54. The summed E-state index contributed by atoms with van der Waals surface area (Å²) in [5.74, 6) is 1.34. The van der Waals surface area contributed by atoms with Crippen LogP contribution in [0.4, 0.5) is 10.7 Å². The third-order valence-corrected chi connectivity index (χ3v) is 3.71. The normalized spacial score (nSPS) is 10.2. The van der Waals surface area contributed by atoms with Gasteiger partial charge in [-0.3, -0.25) is 10.1 Å². The van der Waals surface area contributed by atoms with Crippen molar-refractivity contribution in [2.45, 2.75) is 13.5 Å². The SMILES string of the molecule is CCOc1ccc(NCc2csc([N+](=O)[O-])c2)cc1OC. The zero-order valence-electron chi connectivity index (χ0n) is 11.8. The van der Waals surface area contributed by atoms with Gasteiger partial charge in [0.15, 0.2) is 11.5 Å². The van der Waals surface area contributed by atoms with Gasteiger partial charge in [0.25, 0.3) is 0 Å². The third kappa shape index (κ3) is 3.85. The number of nitrogens with one attached hydrogen (secondary N) is 1. The van der Waals surface area contributed by atoms with E-state index in [0.717, 1.165) is 22.6 Å². The first-order valence-electron chi connectivity index (χ1n) is 6.40. The number of hydrogen-bond acceptors (Lipinski definition) is 6. The van der Waals surface area contributed by atoms with Crippen LogP contribution >= 0.6 is 11.3 Å². The van der Waals surface area contributed by atoms with Crippen molar-refractivity contribution >= 4 is 22.0 Å². The molecule has 1 N–H and O–H groups in total. The average Bonchev–Trinajstić information content (AvgIpc) is 2.95. The topological polar surface area (TPSA) is 73.6 Å². The van der Waals surface area contributed by atoms with Crippen molar-refractivity contribution in [3.8, 4) is 11.5 Å². The van der Waals surface area contributed by atoms with Crippen molar-refractivity contribution in [2.24, 2.45) is 0 Å². The van der Waals surface area contributed by atoms with E-state index in [4.69, 9.17) is 9.47 Å². The van der Waals surface area contributed by atoms with Crippen LogP contribution in [-0.4, -0.2) is 18.6 Å². The third-order valence-electron chi connectivity index (χ3n) is 2.78. The molecule has 0 radical (unpaired) electrons. The Hall–Kier alpha value is -2.28. The van der Waals surface area contributed by atoms with Crippen LogP contribution in [0.1, 0.15) is 12.5 Å². The summed E-state index contributed by atoms with van der Waals surface area (Å²) >= 11 is 1.13. The summed E-state index contributed by atoms with van der Waals surface area (Å²) in [4.78, 5) is 10.3. The van der Waals surface area contributed by atoms with Crippen molar-refractivity contribution in [2.75, 3.05) is 19.0 Å². The second-order valence-corrected chi connectivity index (χ2v) is 5.09. The van der Waals surface area contributed by atoms with Gasteiger partial charge in [0.2, 0.25) is 0 Å². The molecule has 2 rings (SSSR count). The maximum atomic E-state index is 10.6. The molecule has 0 fully saturated rings. The molecule has 0 saturated carbocycles. The molecule has 1 aromatic carbocycles. The monoisotopic (exact) mass is 308 g/mol. The number of methoxy groups -OCH3 is 1. The molecule has 0 amide bonds. The molecule has 0 atom stereocenters. The van der Waals surface area contributed by atoms with Gasteiger partial charge in [-0.25, -0.2) is 0 Å². The van der Waals surface area contributed by atoms with Crippen molar-refractivity contribution in [3.63, 3.8) is 0 Å². The second kappa shape index (κ2) is 6.94. The highest BCUT2D eigenvalue weighted by Gasteiger charge is 2.10. The van der Waals surface area contributed by atoms with E-state index in [1.54, 1.807) is 18.6 Å². The van der Waals surface area contributed by atoms with Crippen LogP contribution in [0, 0.1) is 10.1 Å². The molecule has 0 unspecified atom stereocenters.